The van der Waals surface area contributed by atoms with E-state index in [1.165, 1.54) is 11.9 Å². The molecule has 0 aliphatic rings. The van der Waals surface area contributed by atoms with Gasteiger partial charge in [-0.05, 0) is 18.6 Å². The Morgan fingerprint density at radius 2 is 1.84 bits per heavy atom. The number of carbonyl (C=O) groups is 1. The van der Waals surface area contributed by atoms with Crippen molar-refractivity contribution in [1.29, 1.82) is 0 Å². The molecule has 8 heteroatoms. The molecular formula is C11H12ClF2NO3S. The Morgan fingerprint density at radius 1 is 1.32 bits per heavy atom. The first-order valence-electron chi connectivity index (χ1n) is 5.37. The average molecular weight is 312 g/mol. The van der Waals surface area contributed by atoms with Gasteiger partial charge in [0.1, 0.15) is 0 Å². The van der Waals surface area contributed by atoms with E-state index in [0.717, 1.165) is 0 Å². The lowest BCUT2D eigenvalue weighted by molar-refractivity contribution is 0.0790. The molecule has 1 rings (SSSR count). The molecule has 0 atom stereocenters. The van der Waals surface area contributed by atoms with Crippen LogP contribution in [0.25, 0.3) is 0 Å². The van der Waals surface area contributed by atoms with E-state index in [9.17, 15) is 22.0 Å². The summed E-state index contributed by atoms with van der Waals surface area (Å²) in [7, 11) is 2.21. The van der Waals surface area contributed by atoms with Crippen molar-refractivity contribution in [1.82, 2.24) is 4.90 Å². The van der Waals surface area contributed by atoms with Gasteiger partial charge in [-0.15, -0.1) is 0 Å². The van der Waals surface area contributed by atoms with Crippen molar-refractivity contribution < 1.29 is 22.0 Å². The Balaban J connectivity index is 3.42. The third-order valence-electron chi connectivity index (χ3n) is 2.42. The normalized spacial score (nSPS) is 11.4. The second-order valence-electron chi connectivity index (χ2n) is 3.93. The smallest absolute Gasteiger partial charge is 0.262 e. The average Bonchev–Trinajstić information content (AvgIpc) is 2.30. The first-order chi connectivity index (χ1) is 8.68. The number of nitrogens with zero attached hydrogens (tertiary/aromatic N) is 1. The summed E-state index contributed by atoms with van der Waals surface area (Å²) in [6, 6.07) is 0.948. The van der Waals surface area contributed by atoms with Crippen molar-refractivity contribution in [3.05, 3.63) is 29.3 Å². The SMILES string of the molecule is CCCN(C)C(=O)c1cc(F)c(F)cc1S(=O)(=O)Cl. The van der Waals surface area contributed by atoms with Crippen molar-refractivity contribution in [2.45, 2.75) is 18.2 Å². The predicted molar refractivity (Wildman–Crippen MR) is 66.6 cm³/mol. The van der Waals surface area contributed by atoms with Crippen LogP contribution in [0.3, 0.4) is 0 Å². The van der Waals surface area contributed by atoms with Crippen molar-refractivity contribution in [2.75, 3.05) is 13.6 Å². The molecule has 1 aromatic rings. The highest BCUT2D eigenvalue weighted by atomic mass is 35.7. The molecule has 0 aromatic heterocycles. The summed E-state index contributed by atoms with van der Waals surface area (Å²) < 4.78 is 48.9. The van der Waals surface area contributed by atoms with Crippen LogP contribution in [-0.4, -0.2) is 32.8 Å². The van der Waals surface area contributed by atoms with Gasteiger partial charge in [-0.1, -0.05) is 6.92 Å². The second-order valence-corrected chi connectivity index (χ2v) is 6.46. The molecule has 1 amide bonds. The molecule has 0 saturated heterocycles. The van der Waals surface area contributed by atoms with Crippen molar-refractivity contribution in [3.8, 4) is 0 Å². The fourth-order valence-electron chi connectivity index (χ4n) is 1.54. The summed E-state index contributed by atoms with van der Waals surface area (Å²) in [6.07, 6.45) is 0.634. The summed E-state index contributed by atoms with van der Waals surface area (Å²) >= 11 is 0. The Bertz CT molecular complexity index is 604. The quantitative estimate of drug-likeness (QED) is 0.802. The Hall–Kier alpha value is -1.21. The Morgan fingerprint density at radius 3 is 2.32 bits per heavy atom. The van der Waals surface area contributed by atoms with Crippen LogP contribution in [0.1, 0.15) is 23.7 Å². The maximum absolute atomic E-state index is 13.2. The molecule has 0 aliphatic heterocycles. The van der Waals surface area contributed by atoms with E-state index in [0.29, 0.717) is 25.1 Å². The highest BCUT2D eigenvalue weighted by molar-refractivity contribution is 8.13. The van der Waals surface area contributed by atoms with Crippen LogP contribution in [0.2, 0.25) is 0 Å². The standard InChI is InChI=1S/C11H12ClF2NO3S/c1-3-4-15(2)11(16)7-5-8(13)9(14)6-10(7)19(12,17)18/h5-6H,3-4H2,1-2H3. The largest absolute Gasteiger partial charge is 0.342 e. The van der Waals surface area contributed by atoms with E-state index >= 15 is 0 Å². The van der Waals surface area contributed by atoms with Crippen LogP contribution in [0, 0.1) is 11.6 Å². The molecule has 0 fully saturated rings. The highest BCUT2D eigenvalue weighted by Crippen LogP contribution is 2.24. The number of hydrogen-bond acceptors (Lipinski definition) is 3. The van der Waals surface area contributed by atoms with E-state index in [1.807, 2.05) is 6.92 Å². The topological polar surface area (TPSA) is 54.5 Å². The molecule has 19 heavy (non-hydrogen) atoms. The van der Waals surface area contributed by atoms with Crippen LogP contribution in [0.15, 0.2) is 17.0 Å². The molecular weight excluding hydrogens is 300 g/mol. The molecule has 0 aliphatic carbocycles. The maximum Gasteiger partial charge on any atom is 0.262 e. The van der Waals surface area contributed by atoms with Crippen LogP contribution in [-0.2, 0) is 9.05 Å². The number of amides is 1. The Labute approximate surface area is 114 Å². The van der Waals surface area contributed by atoms with Crippen LogP contribution < -0.4 is 0 Å². The minimum absolute atomic E-state index is 0.347. The predicted octanol–water partition coefficient (Wildman–Crippen LogP) is 2.37. The van der Waals surface area contributed by atoms with Gasteiger partial charge in [0.15, 0.2) is 11.6 Å². The van der Waals surface area contributed by atoms with Gasteiger partial charge in [0.2, 0.25) is 0 Å². The number of hydrogen-bond donors (Lipinski definition) is 0. The lowest BCUT2D eigenvalue weighted by Crippen LogP contribution is -2.28. The van der Waals surface area contributed by atoms with Crippen LogP contribution in [0.4, 0.5) is 8.78 Å². The fourth-order valence-corrected chi connectivity index (χ4v) is 2.58. The molecule has 0 heterocycles. The molecule has 106 valence electrons. The number of rotatable bonds is 4. The van der Waals surface area contributed by atoms with Crippen LogP contribution >= 0.6 is 10.7 Å². The first kappa shape index (κ1) is 15.8. The van der Waals surface area contributed by atoms with E-state index in [1.54, 1.807) is 0 Å². The monoisotopic (exact) mass is 311 g/mol. The van der Waals surface area contributed by atoms with Gasteiger partial charge in [-0.3, -0.25) is 4.79 Å². The zero-order chi connectivity index (χ0) is 14.8. The lowest BCUT2D eigenvalue weighted by atomic mass is 10.2. The zero-order valence-electron chi connectivity index (χ0n) is 10.3. The molecule has 4 nitrogen and oxygen atoms in total. The number of benzene rings is 1. The highest BCUT2D eigenvalue weighted by Gasteiger charge is 2.25. The van der Waals surface area contributed by atoms with Gasteiger partial charge in [0.05, 0.1) is 10.5 Å². The third kappa shape index (κ3) is 3.63. The van der Waals surface area contributed by atoms with Gasteiger partial charge in [0, 0.05) is 24.3 Å². The summed E-state index contributed by atoms with van der Waals surface area (Å²) in [6.45, 7) is 2.16. The summed E-state index contributed by atoms with van der Waals surface area (Å²) in [5.74, 6) is -3.42. The van der Waals surface area contributed by atoms with Gasteiger partial charge in [0.25, 0.3) is 15.0 Å². The van der Waals surface area contributed by atoms with Crippen LogP contribution in [0.5, 0.6) is 0 Å². The maximum atomic E-state index is 13.2. The van der Waals surface area contributed by atoms with E-state index in [-0.39, 0.29) is 0 Å². The van der Waals surface area contributed by atoms with Crippen molar-refractivity contribution in [2.24, 2.45) is 0 Å². The lowest BCUT2D eigenvalue weighted by Gasteiger charge is -2.17. The van der Waals surface area contributed by atoms with Crippen molar-refractivity contribution in [3.63, 3.8) is 0 Å². The molecule has 0 unspecified atom stereocenters. The number of halogens is 3. The van der Waals surface area contributed by atoms with Gasteiger partial charge in [-0.2, -0.15) is 0 Å². The van der Waals surface area contributed by atoms with Gasteiger partial charge >= 0.3 is 0 Å². The molecule has 0 radical (unpaired) electrons. The Kier molecular flexibility index (Phi) is 4.86. The summed E-state index contributed by atoms with van der Waals surface area (Å²) in [4.78, 5) is 12.5. The zero-order valence-corrected chi connectivity index (χ0v) is 11.9. The second kappa shape index (κ2) is 5.83. The van der Waals surface area contributed by atoms with E-state index in [2.05, 4.69) is 0 Å². The molecule has 0 bridgehead atoms. The van der Waals surface area contributed by atoms with Gasteiger partial charge < -0.3 is 4.90 Å². The molecule has 0 saturated carbocycles. The van der Waals surface area contributed by atoms with E-state index in [4.69, 9.17) is 10.7 Å². The first-order valence-corrected chi connectivity index (χ1v) is 7.68. The van der Waals surface area contributed by atoms with E-state index < -0.39 is 37.1 Å². The minimum Gasteiger partial charge on any atom is -0.342 e. The molecule has 0 N–H and O–H groups in total. The minimum atomic E-state index is -4.35. The van der Waals surface area contributed by atoms with Crippen molar-refractivity contribution >= 4 is 25.6 Å². The fraction of sp³-hybridized carbons (Fsp3) is 0.364. The molecule has 1 aromatic carbocycles. The molecule has 0 spiro atoms. The third-order valence-corrected chi connectivity index (χ3v) is 3.78. The number of carbonyl (C=O) groups excluding carboxylic acids is 1. The summed E-state index contributed by atoms with van der Waals surface area (Å²) in [5.41, 5.74) is -0.482. The summed E-state index contributed by atoms with van der Waals surface area (Å²) in [5, 5.41) is 0. The van der Waals surface area contributed by atoms with Gasteiger partial charge in [-0.25, -0.2) is 17.2 Å².